The van der Waals surface area contributed by atoms with E-state index < -0.39 is 12.0 Å². The molecule has 4 rings (SSSR count). The smallest absolute Gasteiger partial charge is 0.358 e. The normalized spacial score (nSPS) is 14.2. The molecule has 4 N–H and O–H groups in total. The van der Waals surface area contributed by atoms with Crippen LogP contribution in [0.15, 0.2) is 30.6 Å². The number of pyridine rings is 1. The average molecular weight is 424 g/mol. The van der Waals surface area contributed by atoms with Gasteiger partial charge >= 0.3 is 5.97 Å². The minimum Gasteiger partial charge on any atom is -0.382 e. The summed E-state index contributed by atoms with van der Waals surface area (Å²) in [5, 5.41) is 13.6. The number of nitrogen functional groups attached to an aromatic ring is 1. The van der Waals surface area contributed by atoms with Crippen molar-refractivity contribution in [2.45, 2.75) is 31.8 Å². The molecule has 1 atom stereocenters. The fraction of sp³-hybridized carbons (Fsp3) is 0.250. The molecular formula is C20H18ClN7O2. The van der Waals surface area contributed by atoms with Gasteiger partial charge in [0, 0.05) is 11.4 Å². The Balaban J connectivity index is 1.74. The Hall–Kier alpha value is -3.48. The molecule has 1 aliphatic carbocycles. The van der Waals surface area contributed by atoms with Crippen LogP contribution in [0.5, 0.6) is 0 Å². The Labute approximate surface area is 177 Å². The number of aromatic nitrogens is 3. The van der Waals surface area contributed by atoms with E-state index in [-0.39, 0.29) is 28.8 Å². The molecule has 1 saturated carbocycles. The van der Waals surface area contributed by atoms with Crippen LogP contribution >= 0.6 is 11.6 Å². The molecule has 152 valence electrons. The van der Waals surface area contributed by atoms with E-state index in [9.17, 15) is 10.1 Å². The van der Waals surface area contributed by atoms with Crippen molar-refractivity contribution in [2.75, 3.05) is 11.1 Å². The lowest BCUT2D eigenvalue weighted by molar-refractivity contribution is 0.0234. The standard InChI is InChI=1S/C20H18ClN7O2/c1-10(26-19-14(8-22)18(23)24-9-25-19)16-13(20(29)30-28-12-5-6-12)7-11-3-2-4-15(21)17(11)27-16/h2-4,7,9-10,12,28H,5-6H2,1H3,(H3,23,24,25,26). The van der Waals surface area contributed by atoms with Crippen LogP contribution in [0.4, 0.5) is 11.6 Å². The summed E-state index contributed by atoms with van der Waals surface area (Å²) >= 11 is 6.31. The second-order valence-corrected chi connectivity index (χ2v) is 7.38. The Morgan fingerprint density at radius 1 is 1.40 bits per heavy atom. The lowest BCUT2D eigenvalue weighted by Crippen LogP contribution is -2.24. The third-order valence-electron chi connectivity index (χ3n) is 4.69. The summed E-state index contributed by atoms with van der Waals surface area (Å²) in [6, 6.07) is 8.68. The summed E-state index contributed by atoms with van der Waals surface area (Å²) in [4.78, 5) is 30.6. The van der Waals surface area contributed by atoms with Crippen molar-refractivity contribution in [1.29, 1.82) is 5.26 Å². The highest BCUT2D eigenvalue weighted by Gasteiger charge is 2.26. The van der Waals surface area contributed by atoms with E-state index in [1.54, 1.807) is 25.1 Å². The molecular weight excluding hydrogens is 406 g/mol. The zero-order valence-corrected chi connectivity index (χ0v) is 16.8. The van der Waals surface area contributed by atoms with Crippen molar-refractivity contribution in [1.82, 2.24) is 20.4 Å². The van der Waals surface area contributed by atoms with Crippen LogP contribution in [0.25, 0.3) is 10.9 Å². The molecule has 0 bridgehead atoms. The molecule has 1 unspecified atom stereocenters. The monoisotopic (exact) mass is 423 g/mol. The fourth-order valence-corrected chi connectivity index (χ4v) is 3.18. The number of hydrogen-bond acceptors (Lipinski definition) is 9. The number of halogens is 1. The number of nitrogens with zero attached hydrogens (tertiary/aromatic N) is 4. The van der Waals surface area contributed by atoms with Crippen LogP contribution in [-0.2, 0) is 4.84 Å². The maximum absolute atomic E-state index is 12.8. The summed E-state index contributed by atoms with van der Waals surface area (Å²) in [5.41, 5.74) is 9.86. The van der Waals surface area contributed by atoms with E-state index in [2.05, 4.69) is 25.7 Å². The molecule has 0 aliphatic heterocycles. The SMILES string of the molecule is CC(Nc1ncnc(N)c1C#N)c1nc2c(Cl)cccc2cc1C(=O)ONC1CC1. The van der Waals surface area contributed by atoms with Gasteiger partial charge in [-0.3, -0.25) is 0 Å². The number of nitrogens with one attached hydrogen (secondary N) is 2. The highest BCUT2D eigenvalue weighted by molar-refractivity contribution is 6.35. The summed E-state index contributed by atoms with van der Waals surface area (Å²) in [6.07, 6.45) is 3.19. The van der Waals surface area contributed by atoms with Crippen molar-refractivity contribution < 1.29 is 9.63 Å². The molecule has 1 fully saturated rings. The van der Waals surface area contributed by atoms with Crippen LogP contribution in [0.2, 0.25) is 5.02 Å². The number of hydroxylamine groups is 1. The van der Waals surface area contributed by atoms with Crippen LogP contribution in [0.3, 0.4) is 0 Å². The van der Waals surface area contributed by atoms with E-state index in [0.29, 0.717) is 21.6 Å². The molecule has 1 aromatic carbocycles. The Bertz CT molecular complexity index is 1170. The predicted molar refractivity (Wildman–Crippen MR) is 112 cm³/mol. The van der Waals surface area contributed by atoms with Crippen molar-refractivity contribution in [3.63, 3.8) is 0 Å². The zero-order chi connectivity index (χ0) is 21.3. The first kappa shape index (κ1) is 19.8. The van der Waals surface area contributed by atoms with E-state index in [4.69, 9.17) is 22.2 Å². The van der Waals surface area contributed by atoms with Crippen LogP contribution < -0.4 is 16.5 Å². The molecule has 30 heavy (non-hydrogen) atoms. The summed E-state index contributed by atoms with van der Waals surface area (Å²) in [7, 11) is 0. The Kier molecular flexibility index (Phi) is 5.35. The number of rotatable bonds is 6. The highest BCUT2D eigenvalue weighted by atomic mass is 35.5. The second-order valence-electron chi connectivity index (χ2n) is 6.97. The highest BCUT2D eigenvalue weighted by Crippen LogP contribution is 2.29. The molecule has 1 aliphatic rings. The quantitative estimate of drug-likeness (QED) is 0.510. The van der Waals surface area contributed by atoms with E-state index in [1.807, 2.05) is 12.1 Å². The second kappa shape index (κ2) is 8.10. The van der Waals surface area contributed by atoms with Crippen molar-refractivity contribution in [3.05, 3.63) is 52.4 Å². The largest absolute Gasteiger partial charge is 0.382 e. The van der Waals surface area contributed by atoms with Gasteiger partial charge in [-0.1, -0.05) is 23.7 Å². The molecule has 9 nitrogen and oxygen atoms in total. The van der Waals surface area contributed by atoms with Gasteiger partial charge in [-0.25, -0.2) is 19.7 Å². The number of anilines is 2. The lowest BCUT2D eigenvalue weighted by atomic mass is 10.0. The third kappa shape index (κ3) is 3.96. The molecule has 0 amide bonds. The number of nitrogens with two attached hydrogens (primary N) is 1. The van der Waals surface area contributed by atoms with Gasteiger partial charge in [0.05, 0.1) is 27.8 Å². The summed E-state index contributed by atoms with van der Waals surface area (Å²) in [5.74, 6) is -0.249. The van der Waals surface area contributed by atoms with Gasteiger partial charge < -0.3 is 15.9 Å². The van der Waals surface area contributed by atoms with Gasteiger partial charge in [0.2, 0.25) is 0 Å². The maximum atomic E-state index is 12.8. The van der Waals surface area contributed by atoms with Gasteiger partial charge in [-0.15, -0.1) is 5.48 Å². The number of para-hydroxylation sites is 1. The predicted octanol–water partition coefficient (Wildman–Crippen LogP) is 3.13. The Morgan fingerprint density at radius 2 is 2.20 bits per heavy atom. The number of fused-ring (bicyclic) bond motifs is 1. The molecule has 10 heteroatoms. The number of hydrogen-bond donors (Lipinski definition) is 3. The molecule has 0 spiro atoms. The summed E-state index contributed by atoms with van der Waals surface area (Å²) in [6.45, 7) is 1.79. The number of carbonyl (C=O) groups is 1. The first-order valence-electron chi connectivity index (χ1n) is 9.31. The van der Waals surface area contributed by atoms with Crippen LogP contribution in [0.1, 0.15) is 47.4 Å². The van der Waals surface area contributed by atoms with Gasteiger partial charge in [0.15, 0.2) is 0 Å². The topological polar surface area (TPSA) is 139 Å². The molecule has 0 saturated heterocycles. The maximum Gasteiger partial charge on any atom is 0.358 e. The van der Waals surface area contributed by atoms with Gasteiger partial charge in [0.1, 0.15) is 29.6 Å². The van der Waals surface area contributed by atoms with Gasteiger partial charge in [0.25, 0.3) is 0 Å². The Morgan fingerprint density at radius 3 is 2.93 bits per heavy atom. The number of nitriles is 1. The third-order valence-corrected chi connectivity index (χ3v) is 5.00. The minimum atomic E-state index is -0.553. The fourth-order valence-electron chi connectivity index (χ4n) is 2.96. The van der Waals surface area contributed by atoms with E-state index in [0.717, 1.165) is 12.8 Å². The minimum absolute atomic E-state index is 0.0602. The zero-order valence-electron chi connectivity index (χ0n) is 16.0. The summed E-state index contributed by atoms with van der Waals surface area (Å²) < 4.78 is 0. The van der Waals surface area contributed by atoms with Crippen molar-refractivity contribution in [2.24, 2.45) is 0 Å². The lowest BCUT2D eigenvalue weighted by Gasteiger charge is -2.19. The average Bonchev–Trinajstić information content (AvgIpc) is 3.56. The van der Waals surface area contributed by atoms with Gasteiger partial charge in [-0.2, -0.15) is 5.26 Å². The van der Waals surface area contributed by atoms with Crippen LogP contribution in [-0.4, -0.2) is 27.0 Å². The van der Waals surface area contributed by atoms with Crippen molar-refractivity contribution >= 4 is 40.1 Å². The van der Waals surface area contributed by atoms with Crippen LogP contribution in [0, 0.1) is 11.3 Å². The number of benzene rings is 1. The molecule has 0 radical (unpaired) electrons. The number of carbonyl (C=O) groups excluding carboxylic acids is 1. The van der Waals surface area contributed by atoms with Crippen molar-refractivity contribution in [3.8, 4) is 6.07 Å². The molecule has 2 heterocycles. The first-order valence-corrected chi connectivity index (χ1v) is 9.68. The van der Waals surface area contributed by atoms with E-state index >= 15 is 0 Å². The molecule has 3 aromatic rings. The van der Waals surface area contributed by atoms with E-state index in [1.165, 1.54) is 6.33 Å². The first-order chi connectivity index (χ1) is 14.5. The van der Waals surface area contributed by atoms with Gasteiger partial charge in [-0.05, 0) is 31.9 Å². The molecule has 2 aromatic heterocycles.